The zero-order valence-corrected chi connectivity index (χ0v) is 10.8. The highest BCUT2D eigenvalue weighted by Gasteiger charge is 2.22. The first kappa shape index (κ1) is 11.5. The number of carbonyl (C=O) groups is 1. The van der Waals surface area contributed by atoms with Crippen LogP contribution in [0.2, 0.25) is 0 Å². The van der Waals surface area contributed by atoms with E-state index in [1.165, 1.54) is 0 Å². The van der Waals surface area contributed by atoms with Gasteiger partial charge in [0.05, 0.1) is 0 Å². The lowest BCUT2D eigenvalue weighted by Crippen LogP contribution is -2.22. The molecule has 1 aromatic rings. The van der Waals surface area contributed by atoms with Gasteiger partial charge < -0.3 is 5.73 Å². The molecule has 76 valence electrons. The van der Waals surface area contributed by atoms with Crippen molar-refractivity contribution in [3.63, 3.8) is 0 Å². The van der Waals surface area contributed by atoms with Crippen LogP contribution >= 0.6 is 22.6 Å². The topological polar surface area (TPSA) is 43.1 Å². The monoisotopic (exact) mass is 303 g/mol. The van der Waals surface area contributed by atoms with Crippen LogP contribution in [0.5, 0.6) is 0 Å². The standard InChI is InChI=1S/C11H14INO/c1-11(2,3)9-7(10(13)14)5-4-6-8(9)12/h4-6H,1-3H3,(H2,13,14). The number of rotatable bonds is 1. The predicted octanol–water partition coefficient (Wildman–Crippen LogP) is 2.69. The lowest BCUT2D eigenvalue weighted by Gasteiger charge is -2.23. The van der Waals surface area contributed by atoms with Gasteiger partial charge in [0.2, 0.25) is 5.91 Å². The van der Waals surface area contributed by atoms with Crippen LogP contribution in [0.15, 0.2) is 18.2 Å². The fourth-order valence-corrected chi connectivity index (χ4v) is 2.80. The number of nitrogens with two attached hydrogens (primary N) is 1. The van der Waals surface area contributed by atoms with Crippen molar-refractivity contribution >= 4 is 28.5 Å². The second-order valence-corrected chi connectivity index (χ2v) is 5.44. The third kappa shape index (κ3) is 2.26. The van der Waals surface area contributed by atoms with Gasteiger partial charge in [-0.15, -0.1) is 0 Å². The molecule has 0 aliphatic heterocycles. The zero-order chi connectivity index (χ0) is 10.9. The van der Waals surface area contributed by atoms with E-state index in [-0.39, 0.29) is 11.3 Å². The molecular weight excluding hydrogens is 289 g/mol. The van der Waals surface area contributed by atoms with Crippen LogP contribution in [0.25, 0.3) is 0 Å². The third-order valence-corrected chi connectivity index (χ3v) is 2.93. The quantitative estimate of drug-likeness (QED) is 0.796. The number of carbonyl (C=O) groups excluding carboxylic acids is 1. The second-order valence-electron chi connectivity index (χ2n) is 4.28. The molecule has 1 rings (SSSR count). The van der Waals surface area contributed by atoms with Gasteiger partial charge in [0.1, 0.15) is 0 Å². The van der Waals surface area contributed by atoms with E-state index in [2.05, 4.69) is 43.4 Å². The van der Waals surface area contributed by atoms with Gasteiger partial charge in [0, 0.05) is 9.13 Å². The van der Waals surface area contributed by atoms with Gasteiger partial charge in [-0.3, -0.25) is 4.79 Å². The molecule has 0 fully saturated rings. The van der Waals surface area contributed by atoms with Crippen molar-refractivity contribution in [1.82, 2.24) is 0 Å². The maximum atomic E-state index is 11.2. The van der Waals surface area contributed by atoms with Crippen LogP contribution in [0, 0.1) is 3.57 Å². The summed E-state index contributed by atoms with van der Waals surface area (Å²) in [6, 6.07) is 5.63. The van der Waals surface area contributed by atoms with Gasteiger partial charge in [0.15, 0.2) is 0 Å². The molecule has 0 saturated carbocycles. The van der Waals surface area contributed by atoms with Crippen LogP contribution in [-0.2, 0) is 5.41 Å². The normalized spacial score (nSPS) is 11.4. The van der Waals surface area contributed by atoms with Crippen molar-refractivity contribution in [2.45, 2.75) is 26.2 Å². The Bertz CT molecular complexity index is 366. The molecule has 2 N–H and O–H groups in total. The lowest BCUT2D eigenvalue weighted by atomic mass is 9.83. The molecule has 1 aromatic carbocycles. The molecule has 1 amide bonds. The number of hydrogen-bond acceptors (Lipinski definition) is 1. The van der Waals surface area contributed by atoms with Crippen molar-refractivity contribution in [2.24, 2.45) is 5.73 Å². The highest BCUT2D eigenvalue weighted by Crippen LogP contribution is 2.30. The summed E-state index contributed by atoms with van der Waals surface area (Å²) in [6.45, 7) is 6.24. The summed E-state index contributed by atoms with van der Waals surface area (Å²) < 4.78 is 1.09. The summed E-state index contributed by atoms with van der Waals surface area (Å²) in [5, 5.41) is 0. The van der Waals surface area contributed by atoms with Crippen molar-refractivity contribution < 1.29 is 4.79 Å². The number of halogens is 1. The van der Waals surface area contributed by atoms with Gasteiger partial charge in [-0.1, -0.05) is 26.8 Å². The highest BCUT2D eigenvalue weighted by atomic mass is 127. The van der Waals surface area contributed by atoms with E-state index in [0.717, 1.165) is 9.13 Å². The minimum Gasteiger partial charge on any atom is -0.366 e. The van der Waals surface area contributed by atoms with Crippen molar-refractivity contribution in [1.29, 1.82) is 0 Å². The zero-order valence-electron chi connectivity index (χ0n) is 8.60. The maximum absolute atomic E-state index is 11.2. The fraction of sp³-hybridized carbons (Fsp3) is 0.364. The molecule has 0 bridgehead atoms. The highest BCUT2D eigenvalue weighted by molar-refractivity contribution is 14.1. The van der Waals surface area contributed by atoms with Crippen molar-refractivity contribution in [3.05, 3.63) is 32.9 Å². The molecule has 0 atom stereocenters. The Kier molecular flexibility index (Phi) is 3.19. The molecule has 0 aliphatic rings. The number of hydrogen-bond donors (Lipinski definition) is 1. The smallest absolute Gasteiger partial charge is 0.249 e. The summed E-state index contributed by atoms with van der Waals surface area (Å²) in [7, 11) is 0. The van der Waals surface area contributed by atoms with E-state index < -0.39 is 0 Å². The Morgan fingerprint density at radius 2 is 1.93 bits per heavy atom. The number of benzene rings is 1. The fourth-order valence-electron chi connectivity index (χ4n) is 1.49. The lowest BCUT2D eigenvalue weighted by molar-refractivity contribution is 0.0998. The van der Waals surface area contributed by atoms with Crippen LogP contribution in [-0.4, -0.2) is 5.91 Å². The van der Waals surface area contributed by atoms with Gasteiger partial charge in [-0.25, -0.2) is 0 Å². The molecule has 0 aliphatic carbocycles. The molecule has 0 spiro atoms. The third-order valence-electron chi connectivity index (χ3n) is 2.03. The predicted molar refractivity (Wildman–Crippen MR) is 66.4 cm³/mol. The van der Waals surface area contributed by atoms with E-state index in [4.69, 9.17) is 5.73 Å². The largest absolute Gasteiger partial charge is 0.366 e. The Morgan fingerprint density at radius 1 is 1.36 bits per heavy atom. The summed E-state index contributed by atoms with van der Waals surface area (Å²) in [4.78, 5) is 11.2. The number of primary amides is 1. The second kappa shape index (κ2) is 3.88. The van der Waals surface area contributed by atoms with Crippen LogP contribution in [0.3, 0.4) is 0 Å². The van der Waals surface area contributed by atoms with E-state index in [1.807, 2.05) is 12.1 Å². The minimum absolute atomic E-state index is 0.0534. The summed E-state index contributed by atoms with van der Waals surface area (Å²) in [5.41, 5.74) is 6.95. The van der Waals surface area contributed by atoms with Crippen molar-refractivity contribution in [2.75, 3.05) is 0 Å². The van der Waals surface area contributed by atoms with Crippen LogP contribution < -0.4 is 5.73 Å². The van der Waals surface area contributed by atoms with Gasteiger partial charge in [-0.2, -0.15) is 0 Å². The molecule has 0 saturated heterocycles. The van der Waals surface area contributed by atoms with Crippen molar-refractivity contribution in [3.8, 4) is 0 Å². The first-order chi connectivity index (χ1) is 6.34. The average molecular weight is 303 g/mol. The molecule has 0 unspecified atom stereocenters. The summed E-state index contributed by atoms with van der Waals surface area (Å²) >= 11 is 2.24. The molecule has 14 heavy (non-hydrogen) atoms. The maximum Gasteiger partial charge on any atom is 0.249 e. The van der Waals surface area contributed by atoms with Gasteiger partial charge in [0.25, 0.3) is 0 Å². The SMILES string of the molecule is CC(C)(C)c1c(I)cccc1C(N)=O. The first-order valence-corrected chi connectivity index (χ1v) is 5.50. The van der Waals surface area contributed by atoms with E-state index in [9.17, 15) is 4.79 Å². The molecule has 3 heteroatoms. The average Bonchev–Trinajstić information content (AvgIpc) is 2.01. The van der Waals surface area contributed by atoms with E-state index in [0.29, 0.717) is 5.56 Å². The first-order valence-electron chi connectivity index (χ1n) is 4.43. The molecule has 0 radical (unpaired) electrons. The van der Waals surface area contributed by atoms with E-state index >= 15 is 0 Å². The Hall–Kier alpha value is -0.580. The molecule has 0 heterocycles. The molecule has 2 nitrogen and oxygen atoms in total. The molecule has 0 aromatic heterocycles. The Balaban J connectivity index is 3.45. The Labute approximate surface area is 98.0 Å². The van der Waals surface area contributed by atoms with E-state index in [1.54, 1.807) is 6.07 Å². The van der Waals surface area contributed by atoms with Gasteiger partial charge >= 0.3 is 0 Å². The van der Waals surface area contributed by atoms with Crippen LogP contribution in [0.4, 0.5) is 0 Å². The van der Waals surface area contributed by atoms with Gasteiger partial charge in [-0.05, 0) is 45.7 Å². The number of amides is 1. The summed E-state index contributed by atoms with van der Waals surface area (Å²) in [6.07, 6.45) is 0. The minimum atomic E-state index is -0.353. The Morgan fingerprint density at radius 3 is 2.29 bits per heavy atom. The van der Waals surface area contributed by atoms with Crippen LogP contribution in [0.1, 0.15) is 36.7 Å². The molecular formula is C11H14INO. The summed E-state index contributed by atoms with van der Waals surface area (Å²) in [5.74, 6) is -0.353.